The molecule has 5 aliphatic rings. The Kier molecular flexibility index (Phi) is 15.9. The highest BCUT2D eigenvalue weighted by Gasteiger charge is 2.50. The molecule has 0 spiro atoms. The van der Waals surface area contributed by atoms with Gasteiger partial charge in [-0.3, -0.25) is 24.4 Å². The molecule has 4 aromatic rings. The van der Waals surface area contributed by atoms with Crippen LogP contribution in [0.25, 0.3) is 33.4 Å². The van der Waals surface area contributed by atoms with Crippen molar-refractivity contribution in [3.05, 3.63) is 52.1 Å². The van der Waals surface area contributed by atoms with Gasteiger partial charge in [-0.15, -0.1) is 11.3 Å². The Balaban J connectivity index is 1.21. The van der Waals surface area contributed by atoms with E-state index >= 15 is 4.79 Å². The van der Waals surface area contributed by atoms with Crippen LogP contribution in [0.4, 0.5) is 5.69 Å². The smallest absolute Gasteiger partial charge is 0.324 e. The molecule has 2 amide bonds. The van der Waals surface area contributed by atoms with Crippen LogP contribution in [0.2, 0.25) is 0 Å². The highest BCUT2D eigenvalue weighted by Crippen LogP contribution is 2.46. The average Bonchev–Trinajstić information content (AvgIpc) is 3.63. The maximum Gasteiger partial charge on any atom is 0.324 e. The minimum absolute atomic E-state index is 0.146. The van der Waals surface area contributed by atoms with Crippen molar-refractivity contribution in [2.24, 2.45) is 29.1 Å². The second-order valence-corrected chi connectivity index (χ2v) is 22.8. The molecule has 2 N–H and O–H groups in total. The molecule has 7 atom stereocenters. The highest BCUT2D eigenvalue weighted by molar-refractivity contribution is 7.10. The number of anilines is 1. The Bertz CT molecular complexity index is 2520. The molecule has 1 aliphatic carbocycles. The normalized spacial score (nSPS) is 26.3. The van der Waals surface area contributed by atoms with Crippen molar-refractivity contribution in [2.75, 3.05) is 98.8 Å². The molecule has 1 saturated carbocycles. The number of amides is 2. The van der Waals surface area contributed by atoms with Gasteiger partial charge in [0, 0.05) is 98.8 Å². The number of esters is 1. The topological polar surface area (TPSA) is 156 Å². The van der Waals surface area contributed by atoms with E-state index in [1.807, 2.05) is 6.20 Å². The first-order valence-electron chi connectivity index (χ1n) is 26.1. The lowest BCUT2D eigenvalue weighted by Gasteiger charge is -2.37. The molecule has 1 aromatic carbocycles. The van der Waals surface area contributed by atoms with E-state index in [2.05, 4.69) is 108 Å². The summed E-state index contributed by atoms with van der Waals surface area (Å²) in [5.41, 5.74) is 10.6. The van der Waals surface area contributed by atoms with Crippen LogP contribution in [0, 0.1) is 29.1 Å². The number of hydrogen-bond acceptors (Lipinski definition) is 14. The minimum atomic E-state index is -1.09. The van der Waals surface area contributed by atoms with Crippen LogP contribution in [0.5, 0.6) is 0 Å². The van der Waals surface area contributed by atoms with Crippen LogP contribution in [-0.4, -0.2) is 153 Å². The van der Waals surface area contributed by atoms with Gasteiger partial charge in [0.15, 0.2) is 0 Å². The van der Waals surface area contributed by atoms with Crippen molar-refractivity contribution in [2.45, 2.75) is 104 Å². The number of nitrogens with zero attached hydrogens (tertiary/aromatic N) is 7. The Morgan fingerprint density at radius 3 is 2.46 bits per heavy atom. The van der Waals surface area contributed by atoms with Gasteiger partial charge in [-0.1, -0.05) is 33.8 Å². The van der Waals surface area contributed by atoms with Crippen LogP contribution in [-0.2, 0) is 46.3 Å². The number of hydrogen-bond donors (Lipinski definition) is 2. The van der Waals surface area contributed by atoms with E-state index in [0.29, 0.717) is 50.6 Å². The zero-order chi connectivity index (χ0) is 50.1. The predicted octanol–water partition coefficient (Wildman–Crippen LogP) is 6.73. The largest absolute Gasteiger partial charge is 0.464 e. The maximum atomic E-state index is 15.1. The predicted molar refractivity (Wildman–Crippen MR) is 277 cm³/mol. The van der Waals surface area contributed by atoms with Gasteiger partial charge in [0.05, 0.1) is 48.3 Å². The number of aromatic nitrogens is 3. The summed E-state index contributed by atoms with van der Waals surface area (Å²) in [5, 5.41) is 8.45. The van der Waals surface area contributed by atoms with Gasteiger partial charge >= 0.3 is 5.97 Å². The number of piperidine rings is 1. The summed E-state index contributed by atoms with van der Waals surface area (Å²) >= 11 is 1.45. The molecule has 16 nitrogen and oxygen atoms in total. The molecule has 4 fully saturated rings. The molecule has 3 saturated heterocycles. The summed E-state index contributed by atoms with van der Waals surface area (Å²) in [6.45, 7) is 18.4. The van der Waals surface area contributed by atoms with Gasteiger partial charge in [0.2, 0.25) is 5.91 Å². The van der Waals surface area contributed by atoms with Gasteiger partial charge in [-0.2, -0.15) is 0 Å². The third-order valence-corrected chi connectivity index (χ3v) is 17.0. The fraction of sp³-hybridized carbons (Fsp3) is 0.648. The van der Waals surface area contributed by atoms with E-state index in [1.165, 1.54) is 16.3 Å². The number of benzene rings is 1. The first kappa shape index (κ1) is 51.4. The summed E-state index contributed by atoms with van der Waals surface area (Å²) < 4.78 is 27.4. The molecule has 2 unspecified atom stereocenters. The van der Waals surface area contributed by atoms with Gasteiger partial charge in [-0.25, -0.2) is 10.4 Å². The van der Waals surface area contributed by atoms with Crippen LogP contribution in [0.15, 0.2) is 35.8 Å². The summed E-state index contributed by atoms with van der Waals surface area (Å²) in [5.74, 6) is -0.447. The van der Waals surface area contributed by atoms with Crippen molar-refractivity contribution < 1.29 is 33.3 Å². The number of methoxy groups -OCH3 is 2. The molecular formula is C54H77N9O7S. The number of likely N-dealkylation sites (tertiary alicyclic amines) is 1. The second-order valence-electron chi connectivity index (χ2n) is 21.9. The van der Waals surface area contributed by atoms with E-state index in [4.69, 9.17) is 28.9 Å². The SMILES string of the molecule is COCCCn1c(-c2cc(N3CCN(C)CC3)cnc2[C@H](C)OC)c2c3cc(ccc31)-c1csc(n1)C(OCC1CCN(C)CC1)[C@H](NC(=O)C1[C@@H](C)[C@H]1C)C(=O)N1CCC[C@H](N1)C(=O)OCC(C)(C)C2. The standard InChI is InChI=1S/C54H77N9O7S/c1-33-34(2)45(33)50(64)57-47-49(69-30-36-15-19-59(6)20-16-36)51-56-43(31-71-51)37-13-14-44-39(26-37)41(28-54(4,5)32-70-53(66)42-12-10-18-63(58-42)52(47)65)48(62(44)17-11-25-67-8)40-27-38(29-55-46(40)35(3)68-9)61-23-21-60(7)22-24-61/h13-14,26-27,29,31,33-36,42,45,47,49,58H,10-12,15-25,28,30,32H2,1-9H3,(H,57,64)/t33-,34+,35-,42-,45?,47-,49?/m0/s1. The van der Waals surface area contributed by atoms with Gasteiger partial charge in [0.1, 0.15) is 23.2 Å². The second kappa shape index (κ2) is 21.9. The molecule has 71 heavy (non-hydrogen) atoms. The number of piperazine rings is 1. The first-order valence-corrected chi connectivity index (χ1v) is 26.9. The molecule has 386 valence electrons. The van der Waals surface area contributed by atoms with Gasteiger partial charge < -0.3 is 43.5 Å². The van der Waals surface area contributed by atoms with E-state index in [9.17, 15) is 9.59 Å². The number of nitrogens with one attached hydrogen (secondary N) is 2. The monoisotopic (exact) mass is 996 g/mol. The Labute approximate surface area is 424 Å². The summed E-state index contributed by atoms with van der Waals surface area (Å²) in [6, 6.07) is 7.04. The van der Waals surface area contributed by atoms with Crippen LogP contribution in [0.1, 0.15) is 95.2 Å². The zero-order valence-electron chi connectivity index (χ0n) is 43.5. The fourth-order valence-corrected chi connectivity index (χ4v) is 12.1. The molecular weight excluding hydrogens is 919 g/mol. The van der Waals surface area contributed by atoms with Crippen molar-refractivity contribution >= 4 is 45.7 Å². The van der Waals surface area contributed by atoms with E-state index < -0.39 is 29.6 Å². The van der Waals surface area contributed by atoms with E-state index in [1.54, 1.807) is 14.2 Å². The molecule has 17 heteroatoms. The number of thiazole rings is 1. The minimum Gasteiger partial charge on any atom is -0.464 e. The first-order chi connectivity index (χ1) is 34.1. The number of likely N-dealkylation sites (N-methyl/N-ethyl adjacent to an activating group) is 1. The maximum absolute atomic E-state index is 15.1. The number of carbonyl (C=O) groups excluding carboxylic acids is 3. The van der Waals surface area contributed by atoms with Crippen molar-refractivity contribution in [3.8, 4) is 22.5 Å². The Morgan fingerprint density at radius 1 is 1.00 bits per heavy atom. The summed E-state index contributed by atoms with van der Waals surface area (Å²) in [6.07, 6.45) is 5.21. The third-order valence-electron chi connectivity index (χ3n) is 16.1. The number of cyclic esters (lactones) is 1. The number of fused-ring (bicyclic) bond motifs is 6. The number of aryl methyl sites for hydroxylation is 1. The zero-order valence-corrected chi connectivity index (χ0v) is 44.3. The quantitative estimate of drug-likeness (QED) is 0.108. The van der Waals surface area contributed by atoms with Crippen LogP contribution >= 0.6 is 11.3 Å². The molecule has 7 heterocycles. The highest BCUT2D eigenvalue weighted by atomic mass is 32.1. The Hall–Kier alpha value is -4.49. The fourth-order valence-electron chi connectivity index (χ4n) is 11.2. The summed E-state index contributed by atoms with van der Waals surface area (Å²) in [4.78, 5) is 61.1. The van der Waals surface area contributed by atoms with Crippen molar-refractivity contribution in [1.82, 2.24) is 40.1 Å². The lowest BCUT2D eigenvalue weighted by atomic mass is 9.84. The van der Waals surface area contributed by atoms with Crippen LogP contribution in [0.3, 0.4) is 0 Å². The van der Waals surface area contributed by atoms with E-state index in [-0.39, 0.29) is 48.2 Å². The van der Waals surface area contributed by atoms with Crippen molar-refractivity contribution in [3.63, 3.8) is 0 Å². The third kappa shape index (κ3) is 11.2. The number of hydrazine groups is 1. The van der Waals surface area contributed by atoms with E-state index in [0.717, 1.165) is 109 Å². The molecule has 3 aromatic heterocycles. The van der Waals surface area contributed by atoms with Gasteiger partial charge in [-0.05, 0) is 114 Å². The number of carbonyl (C=O) groups is 3. The summed E-state index contributed by atoms with van der Waals surface area (Å²) in [7, 11) is 7.78. The molecule has 4 aliphatic heterocycles. The number of ether oxygens (including phenoxy) is 4. The average molecular weight is 996 g/mol. The number of rotatable bonds is 13. The molecule has 0 radical (unpaired) electrons. The molecule has 6 bridgehead atoms. The van der Waals surface area contributed by atoms with Crippen molar-refractivity contribution in [1.29, 1.82) is 0 Å². The van der Waals surface area contributed by atoms with Crippen LogP contribution < -0.4 is 15.6 Å². The number of pyridine rings is 1. The lowest BCUT2D eigenvalue weighted by Crippen LogP contribution is -2.61. The molecule has 9 rings (SSSR count). The lowest BCUT2D eigenvalue weighted by molar-refractivity contribution is -0.157. The Morgan fingerprint density at radius 2 is 1.75 bits per heavy atom. The van der Waals surface area contributed by atoms with Gasteiger partial charge in [0.25, 0.3) is 5.91 Å².